The third-order valence-electron chi connectivity index (χ3n) is 5.98. The average Bonchev–Trinajstić information content (AvgIpc) is 3.12. The topological polar surface area (TPSA) is 76.1 Å². The number of hydrogen-bond acceptors (Lipinski definition) is 5. The van der Waals surface area contributed by atoms with Crippen LogP contribution in [-0.4, -0.2) is 48.6 Å². The molecule has 1 saturated heterocycles. The first-order valence-corrected chi connectivity index (χ1v) is 11.5. The predicted molar refractivity (Wildman–Crippen MR) is 132 cm³/mol. The minimum atomic E-state index is -0.691. The van der Waals surface area contributed by atoms with Crippen LogP contribution in [0.3, 0.4) is 0 Å². The van der Waals surface area contributed by atoms with Gasteiger partial charge in [-0.05, 0) is 47.4 Å². The molecule has 0 spiro atoms. The molecule has 34 heavy (non-hydrogen) atoms. The minimum Gasteiger partial charge on any atom is -0.507 e. The molecule has 176 valence electrons. The van der Waals surface area contributed by atoms with Crippen molar-refractivity contribution < 1.29 is 24.2 Å². The number of Topliss-reactive ketones (excluding diaryl/α,β-unsaturated/α-hetero) is 1. The number of hydrogen-bond donors (Lipinski definition) is 1. The van der Waals surface area contributed by atoms with Gasteiger partial charge in [-0.15, -0.1) is 0 Å². The Morgan fingerprint density at radius 1 is 0.971 bits per heavy atom. The first-order valence-electron chi connectivity index (χ1n) is 11.5. The molecule has 0 bridgehead atoms. The van der Waals surface area contributed by atoms with Crippen LogP contribution in [0, 0.1) is 0 Å². The molecular weight excluding hydrogens is 430 g/mol. The van der Waals surface area contributed by atoms with Gasteiger partial charge in [0.1, 0.15) is 11.5 Å². The zero-order chi connectivity index (χ0) is 24.1. The average molecular weight is 460 g/mol. The Hall–Kier alpha value is -3.64. The molecule has 1 heterocycles. The molecule has 1 N–H and O–H groups in total. The lowest BCUT2D eigenvalue weighted by atomic mass is 9.94. The number of carbonyl (C=O) groups excluding carboxylic acids is 2. The number of ether oxygens (including phenoxy) is 2. The highest BCUT2D eigenvalue weighted by Gasteiger charge is 2.45. The highest BCUT2D eigenvalue weighted by molar-refractivity contribution is 6.46. The molecule has 4 rings (SSSR count). The van der Waals surface area contributed by atoms with Gasteiger partial charge in [-0.25, -0.2) is 0 Å². The van der Waals surface area contributed by atoms with Gasteiger partial charge in [-0.3, -0.25) is 9.59 Å². The Balaban J connectivity index is 1.78. The third kappa shape index (κ3) is 4.68. The normalized spacial score (nSPS) is 17.5. The van der Waals surface area contributed by atoms with Gasteiger partial charge < -0.3 is 19.5 Å². The Kier molecular flexibility index (Phi) is 7.28. The number of likely N-dealkylation sites (tertiary alicyclic amines) is 1. The number of amides is 1. The first kappa shape index (κ1) is 23.5. The molecule has 0 aliphatic carbocycles. The fourth-order valence-corrected chi connectivity index (χ4v) is 4.29. The molecular formula is C28H29NO5. The largest absolute Gasteiger partial charge is 0.507 e. The van der Waals surface area contributed by atoms with Crippen LogP contribution in [0.15, 0.2) is 72.3 Å². The van der Waals surface area contributed by atoms with Gasteiger partial charge in [0, 0.05) is 25.8 Å². The number of fused-ring (bicyclic) bond motifs is 1. The summed E-state index contributed by atoms with van der Waals surface area (Å²) in [6.07, 6.45) is 1.47. The van der Waals surface area contributed by atoms with Crippen LogP contribution in [0.1, 0.15) is 36.9 Å². The smallest absolute Gasteiger partial charge is 0.295 e. The number of benzene rings is 3. The Morgan fingerprint density at radius 2 is 1.71 bits per heavy atom. The number of aliphatic hydroxyl groups excluding tert-OH is 1. The van der Waals surface area contributed by atoms with Crippen LogP contribution in [0.2, 0.25) is 0 Å². The van der Waals surface area contributed by atoms with Crippen molar-refractivity contribution in [3.63, 3.8) is 0 Å². The standard InChI is InChI=1S/C28H29NO5/c1-3-16-34-23-13-11-20(12-14-23)25-24(27(31)28(32)29(25)15-6-17-33-2)26(30)22-10-9-19-7-4-5-8-21(19)18-22/h4-5,7-14,18,25,30H,3,6,15-17H2,1-2H3/b26-24-. The van der Waals surface area contributed by atoms with Crippen molar-refractivity contribution in [3.05, 3.63) is 83.4 Å². The van der Waals surface area contributed by atoms with Crippen LogP contribution in [0.5, 0.6) is 5.75 Å². The van der Waals surface area contributed by atoms with Crippen LogP contribution >= 0.6 is 0 Å². The molecule has 6 nitrogen and oxygen atoms in total. The molecule has 1 atom stereocenters. The van der Waals surface area contributed by atoms with Crippen LogP contribution in [0.4, 0.5) is 0 Å². The fraction of sp³-hybridized carbons (Fsp3) is 0.286. The van der Waals surface area contributed by atoms with E-state index in [1.807, 2.05) is 67.6 Å². The SMILES string of the molecule is CCCOc1ccc(C2/C(=C(/O)c3ccc4ccccc4c3)C(=O)C(=O)N2CCCOC)cc1. The lowest BCUT2D eigenvalue weighted by molar-refractivity contribution is -0.140. The van der Waals surface area contributed by atoms with Crippen molar-refractivity contribution in [2.75, 3.05) is 26.9 Å². The van der Waals surface area contributed by atoms with E-state index in [1.165, 1.54) is 4.90 Å². The number of methoxy groups -OCH3 is 1. The van der Waals surface area contributed by atoms with E-state index in [-0.39, 0.29) is 11.3 Å². The summed E-state index contributed by atoms with van der Waals surface area (Å²) in [6.45, 7) is 3.45. The number of aliphatic hydroxyl groups is 1. The number of carbonyl (C=O) groups is 2. The van der Waals surface area contributed by atoms with Crippen molar-refractivity contribution in [1.29, 1.82) is 0 Å². The lowest BCUT2D eigenvalue weighted by Gasteiger charge is -2.25. The number of ketones is 1. The van der Waals surface area contributed by atoms with Gasteiger partial charge in [0.2, 0.25) is 0 Å². The zero-order valence-corrected chi connectivity index (χ0v) is 19.5. The molecule has 0 aromatic heterocycles. The van der Waals surface area contributed by atoms with Gasteiger partial charge in [0.15, 0.2) is 0 Å². The molecule has 1 fully saturated rings. The van der Waals surface area contributed by atoms with E-state index in [0.29, 0.717) is 31.7 Å². The molecule has 1 amide bonds. The van der Waals surface area contributed by atoms with Gasteiger partial charge in [0.05, 0.1) is 18.2 Å². The molecule has 3 aromatic carbocycles. The quantitative estimate of drug-likeness (QED) is 0.209. The summed E-state index contributed by atoms with van der Waals surface area (Å²) < 4.78 is 10.8. The summed E-state index contributed by atoms with van der Waals surface area (Å²) in [5.41, 5.74) is 1.34. The van der Waals surface area contributed by atoms with E-state index < -0.39 is 17.7 Å². The highest BCUT2D eigenvalue weighted by Crippen LogP contribution is 2.40. The second-order valence-electron chi connectivity index (χ2n) is 8.32. The Bertz CT molecular complexity index is 1210. The van der Waals surface area contributed by atoms with E-state index in [0.717, 1.165) is 28.5 Å². The van der Waals surface area contributed by atoms with Crippen LogP contribution in [0.25, 0.3) is 16.5 Å². The first-order chi connectivity index (χ1) is 16.5. The summed E-state index contributed by atoms with van der Waals surface area (Å²) in [4.78, 5) is 27.7. The predicted octanol–water partition coefficient (Wildman–Crippen LogP) is 5.09. The Labute approximate surface area is 199 Å². The summed E-state index contributed by atoms with van der Waals surface area (Å²) in [5.74, 6) is -0.750. The summed E-state index contributed by atoms with van der Waals surface area (Å²) in [7, 11) is 1.60. The maximum atomic E-state index is 13.2. The van der Waals surface area contributed by atoms with Crippen molar-refractivity contribution in [2.45, 2.75) is 25.8 Å². The van der Waals surface area contributed by atoms with Crippen molar-refractivity contribution in [3.8, 4) is 5.75 Å². The van der Waals surface area contributed by atoms with E-state index in [4.69, 9.17) is 9.47 Å². The van der Waals surface area contributed by atoms with E-state index >= 15 is 0 Å². The monoisotopic (exact) mass is 459 g/mol. The summed E-state index contributed by atoms with van der Waals surface area (Å²) in [5, 5.41) is 13.3. The molecule has 3 aromatic rings. The second-order valence-corrected chi connectivity index (χ2v) is 8.32. The van der Waals surface area contributed by atoms with Crippen molar-refractivity contribution in [1.82, 2.24) is 4.90 Å². The maximum Gasteiger partial charge on any atom is 0.295 e. The molecule has 1 unspecified atom stereocenters. The van der Waals surface area contributed by atoms with E-state index in [9.17, 15) is 14.7 Å². The Morgan fingerprint density at radius 3 is 2.41 bits per heavy atom. The van der Waals surface area contributed by atoms with E-state index in [1.54, 1.807) is 13.2 Å². The fourth-order valence-electron chi connectivity index (χ4n) is 4.29. The number of rotatable bonds is 9. The highest BCUT2D eigenvalue weighted by atomic mass is 16.5. The van der Waals surface area contributed by atoms with Gasteiger partial charge >= 0.3 is 0 Å². The van der Waals surface area contributed by atoms with Crippen molar-refractivity contribution in [2.24, 2.45) is 0 Å². The van der Waals surface area contributed by atoms with Crippen LogP contribution < -0.4 is 4.74 Å². The molecule has 0 saturated carbocycles. The number of nitrogens with zero attached hydrogens (tertiary/aromatic N) is 1. The second kappa shape index (κ2) is 10.5. The summed E-state index contributed by atoms with van der Waals surface area (Å²) in [6, 6.07) is 20.0. The maximum absolute atomic E-state index is 13.2. The van der Waals surface area contributed by atoms with E-state index in [2.05, 4.69) is 0 Å². The third-order valence-corrected chi connectivity index (χ3v) is 5.98. The lowest BCUT2D eigenvalue weighted by Crippen LogP contribution is -2.31. The van der Waals surface area contributed by atoms with Gasteiger partial charge in [-0.2, -0.15) is 0 Å². The van der Waals surface area contributed by atoms with Gasteiger partial charge in [-0.1, -0.05) is 55.5 Å². The van der Waals surface area contributed by atoms with Crippen LogP contribution in [-0.2, 0) is 14.3 Å². The molecule has 6 heteroatoms. The minimum absolute atomic E-state index is 0.0972. The molecule has 1 aliphatic rings. The zero-order valence-electron chi connectivity index (χ0n) is 19.5. The summed E-state index contributed by atoms with van der Waals surface area (Å²) >= 11 is 0. The molecule has 1 aliphatic heterocycles. The van der Waals surface area contributed by atoms with Gasteiger partial charge in [0.25, 0.3) is 11.7 Å². The molecule has 0 radical (unpaired) electrons. The van der Waals surface area contributed by atoms with Crippen molar-refractivity contribution >= 4 is 28.2 Å².